The Bertz CT molecular complexity index is 1570. The van der Waals surface area contributed by atoms with Crippen LogP contribution in [0.5, 0.6) is 0 Å². The van der Waals surface area contributed by atoms with Crippen molar-refractivity contribution in [3.63, 3.8) is 0 Å². The second-order valence-electron chi connectivity index (χ2n) is 8.73. The van der Waals surface area contributed by atoms with Crippen LogP contribution >= 0.6 is 0 Å². The summed E-state index contributed by atoms with van der Waals surface area (Å²) < 4.78 is 7.52. The molecule has 0 fully saturated rings. The maximum atomic E-state index is 9.68. The van der Waals surface area contributed by atoms with Crippen LogP contribution in [0.25, 0.3) is 27.8 Å². The molecule has 7 nitrogen and oxygen atoms in total. The lowest BCUT2D eigenvalue weighted by atomic mass is 10.0. The fourth-order valence-corrected chi connectivity index (χ4v) is 4.12. The molecule has 1 N–H and O–H groups in total. The third kappa shape index (κ3) is 3.60. The summed E-state index contributed by atoms with van der Waals surface area (Å²) in [5.41, 5.74) is 7.30. The highest BCUT2D eigenvalue weighted by atomic mass is 16.4. The van der Waals surface area contributed by atoms with Crippen molar-refractivity contribution < 1.29 is 4.42 Å². The first-order valence-corrected chi connectivity index (χ1v) is 10.9. The predicted octanol–water partition coefficient (Wildman–Crippen LogP) is 6.23. The topological polar surface area (TPSA) is 92.6 Å². The summed E-state index contributed by atoms with van der Waals surface area (Å²) in [7, 11) is 0. The SMILES string of the molecule is Cc1cc(C)c2nc(-n3ncc(C#N)c3Nc3nc4cc(C(C)C)ccc4o3)cc(C)c2c1. The molecule has 0 saturated carbocycles. The molecule has 0 aliphatic rings. The van der Waals surface area contributed by atoms with Gasteiger partial charge in [-0.3, -0.25) is 5.32 Å². The van der Waals surface area contributed by atoms with Crippen molar-refractivity contribution in [3.05, 3.63) is 70.4 Å². The van der Waals surface area contributed by atoms with Crippen molar-refractivity contribution in [1.29, 1.82) is 5.26 Å². The second kappa shape index (κ2) is 7.75. The molecule has 3 aromatic heterocycles. The number of hydrogen-bond donors (Lipinski definition) is 1. The molecule has 0 radical (unpaired) electrons. The fraction of sp³-hybridized carbons (Fsp3) is 0.231. The smallest absolute Gasteiger partial charge is 0.301 e. The summed E-state index contributed by atoms with van der Waals surface area (Å²) in [4.78, 5) is 9.45. The van der Waals surface area contributed by atoms with E-state index in [9.17, 15) is 5.26 Å². The van der Waals surface area contributed by atoms with Crippen LogP contribution in [0.1, 0.15) is 47.6 Å². The molecule has 5 aromatic rings. The van der Waals surface area contributed by atoms with E-state index in [0.717, 1.165) is 27.5 Å². The third-order valence-corrected chi connectivity index (χ3v) is 5.85. The number of fused-ring (bicyclic) bond motifs is 2. The first-order valence-electron chi connectivity index (χ1n) is 10.9. The molecular formula is C26H24N6O. The number of aromatic nitrogens is 4. The number of pyridine rings is 1. The van der Waals surface area contributed by atoms with E-state index in [-0.39, 0.29) is 0 Å². The number of oxazole rings is 1. The highest BCUT2D eigenvalue weighted by Gasteiger charge is 2.18. The first kappa shape index (κ1) is 20.7. The zero-order valence-corrected chi connectivity index (χ0v) is 19.3. The quantitative estimate of drug-likeness (QED) is 0.359. The van der Waals surface area contributed by atoms with Gasteiger partial charge in [0.25, 0.3) is 0 Å². The lowest BCUT2D eigenvalue weighted by Gasteiger charge is -2.12. The van der Waals surface area contributed by atoms with E-state index in [4.69, 9.17) is 9.40 Å². The van der Waals surface area contributed by atoms with E-state index in [1.165, 1.54) is 17.3 Å². The highest BCUT2D eigenvalue weighted by Crippen LogP contribution is 2.29. The number of aryl methyl sites for hydroxylation is 3. The summed E-state index contributed by atoms with van der Waals surface area (Å²) >= 11 is 0. The lowest BCUT2D eigenvalue weighted by Crippen LogP contribution is -2.06. The maximum Gasteiger partial charge on any atom is 0.301 e. The van der Waals surface area contributed by atoms with Gasteiger partial charge in [0, 0.05) is 5.39 Å². The van der Waals surface area contributed by atoms with E-state index < -0.39 is 0 Å². The van der Waals surface area contributed by atoms with E-state index in [1.54, 1.807) is 4.68 Å². The van der Waals surface area contributed by atoms with Gasteiger partial charge in [-0.2, -0.15) is 20.0 Å². The minimum absolute atomic E-state index is 0.300. The van der Waals surface area contributed by atoms with Crippen molar-refractivity contribution >= 4 is 33.8 Å². The number of nitriles is 1. The molecule has 5 rings (SSSR count). The van der Waals surface area contributed by atoms with Gasteiger partial charge in [-0.05, 0) is 67.6 Å². The molecule has 0 atom stereocenters. The number of hydrogen-bond acceptors (Lipinski definition) is 6. The third-order valence-electron chi connectivity index (χ3n) is 5.85. The number of rotatable bonds is 4. The Labute approximate surface area is 191 Å². The average molecular weight is 437 g/mol. The Kier molecular flexibility index (Phi) is 4.86. The Morgan fingerprint density at radius 1 is 1.03 bits per heavy atom. The van der Waals surface area contributed by atoms with E-state index in [0.29, 0.717) is 34.7 Å². The molecule has 0 bridgehead atoms. The van der Waals surface area contributed by atoms with Crippen LogP contribution in [-0.4, -0.2) is 19.7 Å². The Morgan fingerprint density at radius 2 is 1.85 bits per heavy atom. The van der Waals surface area contributed by atoms with Crippen LogP contribution < -0.4 is 5.32 Å². The van der Waals surface area contributed by atoms with Gasteiger partial charge in [0.2, 0.25) is 0 Å². The van der Waals surface area contributed by atoms with Crippen molar-refractivity contribution in [2.75, 3.05) is 5.32 Å². The molecule has 7 heteroatoms. The highest BCUT2D eigenvalue weighted by molar-refractivity contribution is 5.86. The largest absolute Gasteiger partial charge is 0.423 e. The average Bonchev–Trinajstić information content (AvgIpc) is 3.37. The molecule has 2 aromatic carbocycles. The summed E-state index contributed by atoms with van der Waals surface area (Å²) in [6.07, 6.45) is 1.52. The summed E-state index contributed by atoms with van der Waals surface area (Å²) in [5, 5.41) is 18.4. The van der Waals surface area contributed by atoms with Gasteiger partial charge in [0.05, 0.1) is 11.7 Å². The van der Waals surface area contributed by atoms with Gasteiger partial charge in [-0.1, -0.05) is 31.5 Å². The predicted molar refractivity (Wildman–Crippen MR) is 129 cm³/mol. The molecule has 33 heavy (non-hydrogen) atoms. The molecule has 164 valence electrons. The zero-order chi connectivity index (χ0) is 23.3. The molecular weight excluding hydrogens is 412 g/mol. The molecule has 0 saturated heterocycles. The van der Waals surface area contributed by atoms with Gasteiger partial charge < -0.3 is 4.42 Å². The van der Waals surface area contributed by atoms with Crippen LogP contribution in [0.2, 0.25) is 0 Å². The number of anilines is 2. The van der Waals surface area contributed by atoms with Crippen molar-refractivity contribution in [2.24, 2.45) is 0 Å². The summed E-state index contributed by atoms with van der Waals surface area (Å²) in [5.74, 6) is 1.47. The van der Waals surface area contributed by atoms with Crippen molar-refractivity contribution in [1.82, 2.24) is 19.7 Å². The number of nitrogens with zero attached hydrogens (tertiary/aromatic N) is 5. The molecule has 0 unspecified atom stereocenters. The molecule has 0 aliphatic carbocycles. The minimum atomic E-state index is 0.300. The van der Waals surface area contributed by atoms with Crippen LogP contribution in [0.3, 0.4) is 0 Å². The zero-order valence-electron chi connectivity index (χ0n) is 19.3. The van der Waals surface area contributed by atoms with Gasteiger partial charge >= 0.3 is 6.01 Å². The summed E-state index contributed by atoms with van der Waals surface area (Å²) in [6, 6.07) is 14.7. The van der Waals surface area contributed by atoms with Gasteiger partial charge in [0.15, 0.2) is 17.2 Å². The van der Waals surface area contributed by atoms with Crippen molar-refractivity contribution in [3.8, 4) is 11.9 Å². The van der Waals surface area contributed by atoms with Gasteiger partial charge in [-0.25, -0.2) is 4.98 Å². The van der Waals surface area contributed by atoms with Crippen LogP contribution in [0, 0.1) is 32.1 Å². The standard InChI is InChI=1S/C26H24N6O/c1-14(2)18-6-7-22-21(11-18)29-26(33-22)31-25-19(12-27)13-28-32(25)23-10-16(4)20-9-15(3)8-17(5)24(20)30-23/h6-11,13-14H,1-5H3,(H,29,31). The normalized spacial score (nSPS) is 11.4. The summed E-state index contributed by atoms with van der Waals surface area (Å²) in [6.45, 7) is 10.5. The molecule has 0 aliphatic heterocycles. The lowest BCUT2D eigenvalue weighted by molar-refractivity contribution is 0.621. The maximum absolute atomic E-state index is 9.68. The second-order valence-corrected chi connectivity index (χ2v) is 8.73. The molecule has 3 heterocycles. The van der Waals surface area contributed by atoms with E-state index >= 15 is 0 Å². The van der Waals surface area contributed by atoms with Gasteiger partial charge in [0.1, 0.15) is 17.1 Å². The van der Waals surface area contributed by atoms with E-state index in [2.05, 4.69) is 68.2 Å². The van der Waals surface area contributed by atoms with Crippen LogP contribution in [-0.2, 0) is 0 Å². The first-order chi connectivity index (χ1) is 15.8. The van der Waals surface area contributed by atoms with Crippen molar-refractivity contribution in [2.45, 2.75) is 40.5 Å². The monoisotopic (exact) mass is 436 g/mol. The fourth-order valence-electron chi connectivity index (χ4n) is 4.12. The molecule has 0 spiro atoms. The van der Waals surface area contributed by atoms with E-state index in [1.807, 2.05) is 24.3 Å². The van der Waals surface area contributed by atoms with Gasteiger partial charge in [-0.15, -0.1) is 0 Å². The number of nitrogens with one attached hydrogen (secondary N) is 1. The Morgan fingerprint density at radius 3 is 2.61 bits per heavy atom. The Hall–Kier alpha value is -4.18. The Balaban J connectivity index is 1.61. The molecule has 0 amide bonds. The van der Waals surface area contributed by atoms with Crippen LogP contribution in [0.15, 0.2) is 47.0 Å². The minimum Gasteiger partial charge on any atom is -0.423 e. The number of benzene rings is 2. The van der Waals surface area contributed by atoms with Crippen LogP contribution in [0.4, 0.5) is 11.8 Å².